The van der Waals surface area contributed by atoms with Gasteiger partial charge in [0.1, 0.15) is 0 Å². The molecule has 0 spiro atoms. The maximum atomic E-state index is 10.9. The Labute approximate surface area is 110 Å². The van der Waals surface area contributed by atoms with E-state index in [1.54, 1.807) is 26.2 Å². The summed E-state index contributed by atoms with van der Waals surface area (Å²) in [4.78, 5) is 14.9. The van der Waals surface area contributed by atoms with Gasteiger partial charge in [0.15, 0.2) is 0 Å². The van der Waals surface area contributed by atoms with E-state index in [1.165, 1.54) is 0 Å². The second-order valence-electron chi connectivity index (χ2n) is 4.63. The minimum absolute atomic E-state index is 0.601. The molecule has 0 bridgehead atoms. The monoisotopic (exact) mass is 300 g/mol. The zero-order chi connectivity index (χ0) is 12.9. The van der Waals surface area contributed by atoms with Gasteiger partial charge in [0.2, 0.25) is 0 Å². The normalized spacial score (nSPS) is 11.5. The number of halogens is 1. The lowest BCUT2D eigenvalue weighted by atomic mass is 9.90. The highest BCUT2D eigenvalue weighted by Gasteiger charge is 2.25. The van der Waals surface area contributed by atoms with Crippen LogP contribution in [0, 0.1) is 5.41 Å². The Bertz CT molecular complexity index is 394. The van der Waals surface area contributed by atoms with Crippen LogP contribution < -0.4 is 5.32 Å². The van der Waals surface area contributed by atoms with Crippen LogP contribution in [0.2, 0.25) is 0 Å². The fraction of sp³-hybridized carbons (Fsp3) is 0.500. The highest BCUT2D eigenvalue weighted by molar-refractivity contribution is 9.10. The number of carboxylic acid groups (broad SMARTS) is 1. The summed E-state index contributed by atoms with van der Waals surface area (Å²) in [5.41, 5.74) is 0.398. The Morgan fingerprint density at radius 3 is 2.82 bits per heavy atom. The van der Waals surface area contributed by atoms with E-state index < -0.39 is 11.4 Å². The van der Waals surface area contributed by atoms with Gasteiger partial charge in [0, 0.05) is 23.4 Å². The number of carbonyl (C=O) groups is 1. The molecule has 0 saturated carbocycles. The molecule has 0 aliphatic carbocycles. The van der Waals surface area contributed by atoms with E-state index in [2.05, 4.69) is 26.2 Å². The standard InChI is InChI=1S/C12H17BrN2O2/c1-12(2,11(16)17)3-4-14-6-9-5-10(13)8-15-7-9/h5,7-8,14H,3-4,6H2,1-2H3,(H,16,17). The molecule has 0 unspecified atom stereocenters. The molecule has 0 radical (unpaired) electrons. The zero-order valence-electron chi connectivity index (χ0n) is 10.0. The summed E-state index contributed by atoms with van der Waals surface area (Å²) in [5.74, 6) is -0.761. The number of aliphatic carboxylic acids is 1. The van der Waals surface area contributed by atoms with Crippen LogP contribution in [0.15, 0.2) is 22.9 Å². The van der Waals surface area contributed by atoms with Gasteiger partial charge < -0.3 is 10.4 Å². The zero-order valence-corrected chi connectivity index (χ0v) is 11.6. The lowest BCUT2D eigenvalue weighted by molar-refractivity contribution is -0.147. The number of rotatable bonds is 6. The van der Waals surface area contributed by atoms with Crippen LogP contribution in [0.1, 0.15) is 25.8 Å². The quantitative estimate of drug-likeness (QED) is 0.792. The average molecular weight is 301 g/mol. The van der Waals surface area contributed by atoms with Crippen molar-refractivity contribution in [3.05, 3.63) is 28.5 Å². The molecule has 1 rings (SSSR count). The van der Waals surface area contributed by atoms with Gasteiger partial charge in [0.25, 0.3) is 0 Å². The highest BCUT2D eigenvalue weighted by Crippen LogP contribution is 2.19. The van der Waals surface area contributed by atoms with Gasteiger partial charge in [-0.15, -0.1) is 0 Å². The van der Waals surface area contributed by atoms with E-state index >= 15 is 0 Å². The Morgan fingerprint density at radius 1 is 1.53 bits per heavy atom. The molecule has 4 nitrogen and oxygen atoms in total. The number of pyridine rings is 1. The van der Waals surface area contributed by atoms with E-state index in [4.69, 9.17) is 5.11 Å². The minimum atomic E-state index is -0.761. The first-order valence-corrected chi connectivity index (χ1v) is 6.25. The number of carboxylic acids is 1. The first-order valence-electron chi connectivity index (χ1n) is 5.45. The molecule has 0 atom stereocenters. The van der Waals surface area contributed by atoms with Crippen molar-refractivity contribution in [3.63, 3.8) is 0 Å². The second-order valence-corrected chi connectivity index (χ2v) is 5.54. The fourth-order valence-corrected chi connectivity index (χ4v) is 1.71. The topological polar surface area (TPSA) is 62.2 Å². The lowest BCUT2D eigenvalue weighted by Crippen LogP contribution is -2.28. The van der Waals surface area contributed by atoms with E-state index in [-0.39, 0.29) is 0 Å². The molecule has 17 heavy (non-hydrogen) atoms. The van der Waals surface area contributed by atoms with Crippen molar-refractivity contribution in [2.24, 2.45) is 5.41 Å². The summed E-state index contributed by atoms with van der Waals surface area (Å²) in [6.07, 6.45) is 4.13. The van der Waals surface area contributed by atoms with Crippen molar-refractivity contribution in [2.75, 3.05) is 6.54 Å². The number of hydrogen-bond acceptors (Lipinski definition) is 3. The minimum Gasteiger partial charge on any atom is -0.481 e. The Kier molecular flexibility index (Phi) is 5.08. The Hall–Kier alpha value is -0.940. The average Bonchev–Trinajstić information content (AvgIpc) is 2.24. The predicted molar refractivity (Wildman–Crippen MR) is 69.7 cm³/mol. The van der Waals surface area contributed by atoms with E-state index in [1.807, 2.05) is 6.07 Å². The molecule has 0 aliphatic rings. The number of aromatic nitrogens is 1. The summed E-state index contributed by atoms with van der Waals surface area (Å²) in [7, 11) is 0. The molecule has 94 valence electrons. The molecule has 0 aliphatic heterocycles. The maximum Gasteiger partial charge on any atom is 0.309 e. The van der Waals surface area contributed by atoms with Crippen LogP contribution in [0.3, 0.4) is 0 Å². The summed E-state index contributed by atoms with van der Waals surface area (Å²) < 4.78 is 0.947. The molecule has 0 amide bonds. The third-order valence-electron chi connectivity index (χ3n) is 2.60. The summed E-state index contributed by atoms with van der Waals surface area (Å²) >= 11 is 3.35. The van der Waals surface area contributed by atoms with Crippen LogP contribution in [0.4, 0.5) is 0 Å². The third kappa shape index (κ3) is 4.83. The predicted octanol–water partition coefficient (Wildman–Crippen LogP) is 2.43. The summed E-state index contributed by atoms with van der Waals surface area (Å²) in [5, 5.41) is 12.2. The van der Waals surface area contributed by atoms with Gasteiger partial charge in [-0.25, -0.2) is 0 Å². The maximum absolute atomic E-state index is 10.9. The van der Waals surface area contributed by atoms with Gasteiger partial charge in [-0.1, -0.05) is 0 Å². The van der Waals surface area contributed by atoms with Crippen molar-refractivity contribution in [2.45, 2.75) is 26.8 Å². The van der Waals surface area contributed by atoms with Gasteiger partial charge >= 0.3 is 5.97 Å². The van der Waals surface area contributed by atoms with E-state index in [9.17, 15) is 4.79 Å². The van der Waals surface area contributed by atoms with Gasteiger partial charge in [-0.2, -0.15) is 0 Å². The smallest absolute Gasteiger partial charge is 0.309 e. The fourth-order valence-electron chi connectivity index (χ4n) is 1.29. The largest absolute Gasteiger partial charge is 0.481 e. The Balaban J connectivity index is 2.32. The van der Waals surface area contributed by atoms with E-state index in [0.717, 1.165) is 10.0 Å². The van der Waals surface area contributed by atoms with Gasteiger partial charge in [-0.3, -0.25) is 9.78 Å². The van der Waals surface area contributed by atoms with Crippen molar-refractivity contribution in [1.29, 1.82) is 0 Å². The van der Waals surface area contributed by atoms with Crippen molar-refractivity contribution >= 4 is 21.9 Å². The molecular formula is C12H17BrN2O2. The number of hydrogen-bond donors (Lipinski definition) is 2. The summed E-state index contributed by atoms with van der Waals surface area (Å²) in [6, 6.07) is 1.99. The van der Waals surface area contributed by atoms with Crippen LogP contribution in [0.25, 0.3) is 0 Å². The molecule has 2 N–H and O–H groups in total. The SMILES string of the molecule is CC(C)(CCNCc1cncc(Br)c1)C(=O)O. The lowest BCUT2D eigenvalue weighted by Gasteiger charge is -2.18. The van der Waals surface area contributed by atoms with Crippen molar-refractivity contribution in [3.8, 4) is 0 Å². The molecule has 0 fully saturated rings. The van der Waals surface area contributed by atoms with Crippen LogP contribution >= 0.6 is 15.9 Å². The highest BCUT2D eigenvalue weighted by atomic mass is 79.9. The second kappa shape index (κ2) is 6.12. The molecule has 1 aromatic rings. The summed E-state index contributed by atoms with van der Waals surface area (Å²) in [6.45, 7) is 4.84. The van der Waals surface area contributed by atoms with E-state index in [0.29, 0.717) is 19.5 Å². The third-order valence-corrected chi connectivity index (χ3v) is 3.03. The van der Waals surface area contributed by atoms with Crippen molar-refractivity contribution < 1.29 is 9.90 Å². The first kappa shape index (κ1) is 14.1. The van der Waals surface area contributed by atoms with Crippen LogP contribution in [-0.2, 0) is 11.3 Å². The molecular weight excluding hydrogens is 284 g/mol. The van der Waals surface area contributed by atoms with Crippen LogP contribution in [-0.4, -0.2) is 22.6 Å². The van der Waals surface area contributed by atoms with Crippen LogP contribution in [0.5, 0.6) is 0 Å². The number of nitrogens with one attached hydrogen (secondary N) is 1. The van der Waals surface area contributed by atoms with Crippen molar-refractivity contribution in [1.82, 2.24) is 10.3 Å². The molecule has 5 heteroatoms. The molecule has 0 saturated heterocycles. The first-order chi connectivity index (χ1) is 7.92. The number of nitrogens with zero attached hydrogens (tertiary/aromatic N) is 1. The Morgan fingerprint density at radius 2 is 2.24 bits per heavy atom. The molecule has 0 aromatic carbocycles. The molecule has 1 heterocycles. The van der Waals surface area contributed by atoms with Gasteiger partial charge in [-0.05, 0) is 54.4 Å². The molecule has 1 aromatic heterocycles. The van der Waals surface area contributed by atoms with Gasteiger partial charge in [0.05, 0.1) is 5.41 Å².